The van der Waals surface area contributed by atoms with Gasteiger partial charge in [-0.05, 0) is 31.3 Å². The van der Waals surface area contributed by atoms with Gasteiger partial charge in [0.2, 0.25) is 5.83 Å². The van der Waals surface area contributed by atoms with E-state index in [0.717, 1.165) is 6.42 Å². The average molecular weight is 270 g/mol. The summed E-state index contributed by atoms with van der Waals surface area (Å²) in [6.45, 7) is 15.0. The summed E-state index contributed by atoms with van der Waals surface area (Å²) in [4.78, 5) is 0. The Morgan fingerprint density at radius 1 is 1.21 bits per heavy atom. The highest BCUT2D eigenvalue weighted by atomic mass is 19.2. The molecule has 0 N–H and O–H groups in total. The average Bonchev–Trinajstić information content (AvgIpc) is 2.39. The monoisotopic (exact) mass is 270 g/mol. The van der Waals surface area contributed by atoms with Gasteiger partial charge in [0, 0.05) is 5.57 Å². The van der Waals surface area contributed by atoms with Crippen LogP contribution >= 0.6 is 0 Å². The Morgan fingerprint density at radius 3 is 2.26 bits per heavy atom. The van der Waals surface area contributed by atoms with Gasteiger partial charge in [0.1, 0.15) is 0 Å². The molecule has 0 fully saturated rings. The molecule has 0 unspecified atom stereocenters. The van der Waals surface area contributed by atoms with Gasteiger partial charge in [-0.3, -0.25) is 0 Å². The highest BCUT2D eigenvalue weighted by molar-refractivity contribution is 5.44. The van der Waals surface area contributed by atoms with Crippen molar-refractivity contribution in [2.24, 2.45) is 5.92 Å². The first-order chi connectivity index (χ1) is 8.81. The molecular formula is C16H24F2O. The molecule has 0 aliphatic carbocycles. The third-order valence-corrected chi connectivity index (χ3v) is 2.55. The number of hydrogen-bond donors (Lipinski definition) is 0. The molecule has 0 bridgehead atoms. The van der Waals surface area contributed by atoms with Crippen LogP contribution in [0.4, 0.5) is 8.78 Å². The van der Waals surface area contributed by atoms with Gasteiger partial charge in [0.05, 0.1) is 6.61 Å². The van der Waals surface area contributed by atoms with Crippen LogP contribution in [0.5, 0.6) is 0 Å². The largest absolute Gasteiger partial charge is 0.491 e. The molecule has 0 aromatic heterocycles. The smallest absolute Gasteiger partial charge is 0.200 e. The summed E-state index contributed by atoms with van der Waals surface area (Å²) in [5, 5.41) is 0. The highest BCUT2D eigenvalue weighted by Crippen LogP contribution is 2.27. The molecule has 0 rings (SSSR count). The highest BCUT2D eigenvalue weighted by Gasteiger charge is 2.15. The van der Waals surface area contributed by atoms with Crippen molar-refractivity contribution >= 4 is 0 Å². The van der Waals surface area contributed by atoms with Crippen LogP contribution < -0.4 is 0 Å². The van der Waals surface area contributed by atoms with Crippen molar-refractivity contribution in [2.75, 3.05) is 6.61 Å². The number of allylic oxidation sites excluding steroid dienone is 5. The van der Waals surface area contributed by atoms with Crippen LogP contribution in [0.3, 0.4) is 0 Å². The number of ether oxygens (including phenoxy) is 1. The van der Waals surface area contributed by atoms with Crippen LogP contribution in [0.1, 0.15) is 40.5 Å². The zero-order valence-corrected chi connectivity index (χ0v) is 12.4. The molecule has 0 aromatic carbocycles. The molecule has 0 radical (unpaired) electrons. The summed E-state index contributed by atoms with van der Waals surface area (Å²) in [6, 6.07) is 0. The van der Waals surface area contributed by atoms with E-state index < -0.39 is 11.7 Å². The van der Waals surface area contributed by atoms with E-state index >= 15 is 0 Å². The van der Waals surface area contributed by atoms with Gasteiger partial charge < -0.3 is 4.74 Å². The standard InChI is InChI=1S/C16H24F2O/c1-7-10-19-14(6)16(18)15(17)13(5)12(4)9-8-11(2)3/h9,11H,5-8,10H2,1-4H3/b12-9+,16-15-. The normalized spacial score (nSPS) is 13.3. The fraction of sp³-hybridized carbons (Fsp3) is 0.500. The number of halogens is 2. The van der Waals surface area contributed by atoms with Crippen LogP contribution in [0, 0.1) is 5.92 Å². The second-order valence-corrected chi connectivity index (χ2v) is 4.89. The van der Waals surface area contributed by atoms with Crippen molar-refractivity contribution < 1.29 is 13.5 Å². The molecule has 19 heavy (non-hydrogen) atoms. The summed E-state index contributed by atoms with van der Waals surface area (Å²) < 4.78 is 32.6. The first kappa shape index (κ1) is 17.6. The quantitative estimate of drug-likeness (QED) is 0.410. The van der Waals surface area contributed by atoms with Crippen molar-refractivity contribution in [3.8, 4) is 0 Å². The minimum absolute atomic E-state index is 0.0411. The van der Waals surface area contributed by atoms with E-state index in [0.29, 0.717) is 24.5 Å². The lowest BCUT2D eigenvalue weighted by Crippen LogP contribution is -1.97. The Hall–Kier alpha value is -1.38. The summed E-state index contributed by atoms with van der Waals surface area (Å²) in [5.41, 5.74) is 0.670. The van der Waals surface area contributed by atoms with E-state index in [4.69, 9.17) is 4.74 Å². The summed E-state index contributed by atoms with van der Waals surface area (Å²) in [7, 11) is 0. The van der Waals surface area contributed by atoms with Gasteiger partial charge in [-0.25, -0.2) is 4.39 Å². The molecule has 0 saturated carbocycles. The first-order valence-corrected chi connectivity index (χ1v) is 6.54. The Labute approximate surface area is 115 Å². The molecule has 0 aliphatic heterocycles. The van der Waals surface area contributed by atoms with Crippen LogP contribution in [-0.2, 0) is 4.74 Å². The molecule has 0 atom stereocenters. The SMILES string of the molecule is C=C(OCCC)/C(F)=C(/F)C(=C)/C(C)=C/CC(C)C. The maximum Gasteiger partial charge on any atom is 0.200 e. The topological polar surface area (TPSA) is 9.23 Å². The lowest BCUT2D eigenvalue weighted by atomic mass is 10.0. The fourth-order valence-corrected chi connectivity index (χ4v) is 1.25. The third kappa shape index (κ3) is 6.37. The maximum atomic E-state index is 13.9. The van der Waals surface area contributed by atoms with E-state index in [9.17, 15) is 8.78 Å². The van der Waals surface area contributed by atoms with Crippen molar-refractivity contribution in [3.63, 3.8) is 0 Å². The molecule has 0 spiro atoms. The molecule has 0 heterocycles. The molecule has 0 aliphatic rings. The molecule has 0 amide bonds. The van der Waals surface area contributed by atoms with Crippen molar-refractivity contribution in [1.29, 1.82) is 0 Å². The Kier molecular flexibility index (Phi) is 8.05. The lowest BCUT2D eigenvalue weighted by Gasteiger charge is -2.09. The Bertz CT molecular complexity index is 390. The second-order valence-electron chi connectivity index (χ2n) is 4.89. The van der Waals surface area contributed by atoms with E-state index in [1.54, 1.807) is 6.92 Å². The first-order valence-electron chi connectivity index (χ1n) is 6.54. The maximum absolute atomic E-state index is 13.9. The van der Waals surface area contributed by atoms with Crippen LogP contribution in [0.15, 0.2) is 47.8 Å². The number of rotatable bonds is 8. The molecular weight excluding hydrogens is 246 g/mol. The summed E-state index contributed by atoms with van der Waals surface area (Å²) >= 11 is 0. The van der Waals surface area contributed by atoms with Gasteiger partial charge in [-0.15, -0.1) is 0 Å². The third-order valence-electron chi connectivity index (χ3n) is 2.55. The molecule has 1 nitrogen and oxygen atoms in total. The van der Waals surface area contributed by atoms with Crippen LogP contribution in [-0.4, -0.2) is 6.61 Å². The fourth-order valence-electron chi connectivity index (χ4n) is 1.25. The van der Waals surface area contributed by atoms with E-state index in [1.165, 1.54) is 0 Å². The van der Waals surface area contributed by atoms with Gasteiger partial charge in [0.15, 0.2) is 11.6 Å². The van der Waals surface area contributed by atoms with Gasteiger partial charge >= 0.3 is 0 Å². The summed E-state index contributed by atoms with van der Waals surface area (Å²) in [6.07, 6.45) is 3.37. The van der Waals surface area contributed by atoms with E-state index in [1.807, 2.05) is 13.0 Å². The van der Waals surface area contributed by atoms with E-state index in [2.05, 4.69) is 27.0 Å². The van der Waals surface area contributed by atoms with Gasteiger partial charge in [-0.2, -0.15) is 4.39 Å². The van der Waals surface area contributed by atoms with Gasteiger partial charge in [-0.1, -0.05) is 40.0 Å². The Morgan fingerprint density at radius 2 is 1.79 bits per heavy atom. The predicted octanol–water partition coefficient (Wildman–Crippen LogP) is 5.63. The minimum Gasteiger partial charge on any atom is -0.491 e. The Balaban J connectivity index is 4.86. The molecule has 3 heteroatoms. The number of hydrogen-bond acceptors (Lipinski definition) is 1. The molecule has 0 saturated heterocycles. The second kappa shape index (κ2) is 8.68. The van der Waals surface area contributed by atoms with Crippen LogP contribution in [0.2, 0.25) is 0 Å². The van der Waals surface area contributed by atoms with Crippen molar-refractivity contribution in [2.45, 2.75) is 40.5 Å². The van der Waals surface area contributed by atoms with E-state index in [-0.39, 0.29) is 11.3 Å². The van der Waals surface area contributed by atoms with Crippen LogP contribution in [0.25, 0.3) is 0 Å². The lowest BCUT2D eigenvalue weighted by molar-refractivity contribution is 0.208. The van der Waals surface area contributed by atoms with Crippen molar-refractivity contribution in [3.05, 3.63) is 47.8 Å². The van der Waals surface area contributed by atoms with Crippen molar-refractivity contribution in [1.82, 2.24) is 0 Å². The summed E-state index contributed by atoms with van der Waals surface area (Å²) in [5.74, 6) is -1.89. The predicted molar refractivity (Wildman–Crippen MR) is 77.0 cm³/mol. The molecule has 0 aromatic rings. The zero-order chi connectivity index (χ0) is 15.0. The molecule has 108 valence electrons. The van der Waals surface area contributed by atoms with Gasteiger partial charge in [0.25, 0.3) is 0 Å². The zero-order valence-electron chi connectivity index (χ0n) is 12.4. The minimum atomic E-state index is -1.07.